The summed E-state index contributed by atoms with van der Waals surface area (Å²) in [6.45, 7) is 10.8. The highest BCUT2D eigenvalue weighted by Crippen LogP contribution is 2.36. The highest BCUT2D eigenvalue weighted by Gasteiger charge is 2.33. The van der Waals surface area contributed by atoms with Gasteiger partial charge in [-0.05, 0) is 60.7 Å². The van der Waals surface area contributed by atoms with Gasteiger partial charge in [0.25, 0.3) is 0 Å². The van der Waals surface area contributed by atoms with Crippen LogP contribution in [0.1, 0.15) is 46.7 Å². The summed E-state index contributed by atoms with van der Waals surface area (Å²) in [5, 5.41) is 9.01. The predicted octanol–water partition coefficient (Wildman–Crippen LogP) is 3.77. The zero-order valence-electron chi connectivity index (χ0n) is 32.1. The third-order valence-electron chi connectivity index (χ3n) is 12.0. The van der Waals surface area contributed by atoms with Crippen molar-refractivity contribution in [2.24, 2.45) is 5.92 Å². The van der Waals surface area contributed by atoms with Gasteiger partial charge in [-0.2, -0.15) is 0 Å². The van der Waals surface area contributed by atoms with E-state index in [1.807, 2.05) is 29.4 Å². The number of fused-ring (bicyclic) bond motifs is 2. The molecule has 2 aromatic heterocycles. The minimum atomic E-state index is -0.439. The largest absolute Gasteiger partial charge is 0.474 e. The molecule has 0 aliphatic carbocycles. The van der Waals surface area contributed by atoms with Crippen molar-refractivity contribution in [2.75, 3.05) is 85.9 Å². The number of nitrogens with zero attached hydrogens (tertiary/aromatic N) is 7. The Morgan fingerprint density at radius 1 is 0.982 bits per heavy atom. The summed E-state index contributed by atoms with van der Waals surface area (Å²) < 4.78 is 21.0. The number of benzene rings is 2. The van der Waals surface area contributed by atoms with E-state index in [-0.39, 0.29) is 30.1 Å². The van der Waals surface area contributed by atoms with Gasteiger partial charge >= 0.3 is 0 Å². The van der Waals surface area contributed by atoms with Gasteiger partial charge in [0.1, 0.15) is 18.1 Å². The molecular weight excluding hydrogens is 728 g/mol. The maximum Gasteiger partial charge on any atom is 0.237 e. The Hall–Kier alpha value is -5.83. The molecule has 1 atom stereocenters. The lowest BCUT2D eigenvalue weighted by Gasteiger charge is -2.44. The van der Waals surface area contributed by atoms with Crippen LogP contribution in [-0.4, -0.2) is 108 Å². The molecule has 3 fully saturated rings. The Bertz CT molecular complexity index is 2190. The zero-order valence-corrected chi connectivity index (χ0v) is 32.1. The molecule has 14 nitrogen and oxygen atoms in total. The number of hydrogen-bond donors (Lipinski definition) is 3. The summed E-state index contributed by atoms with van der Waals surface area (Å²) in [5.41, 5.74) is 8.03. The second-order valence-electron chi connectivity index (χ2n) is 15.7. The van der Waals surface area contributed by atoms with Gasteiger partial charge in [-0.3, -0.25) is 24.6 Å². The molecule has 5 aliphatic heterocycles. The topological polar surface area (TPSA) is 148 Å². The molecule has 2 aromatic carbocycles. The van der Waals surface area contributed by atoms with Gasteiger partial charge in [0.2, 0.25) is 29.5 Å². The number of anilines is 5. The van der Waals surface area contributed by atoms with Crippen molar-refractivity contribution in [2.45, 2.75) is 45.1 Å². The first kappa shape index (κ1) is 36.8. The molecule has 3 saturated heterocycles. The molecule has 0 spiro atoms. The summed E-state index contributed by atoms with van der Waals surface area (Å²) in [4.78, 5) is 59.6. The highest BCUT2D eigenvalue weighted by molar-refractivity contribution is 6.01. The first-order chi connectivity index (χ1) is 27.7. The molecule has 57 heavy (non-hydrogen) atoms. The molecule has 0 bridgehead atoms. The van der Waals surface area contributed by atoms with Crippen LogP contribution < -0.4 is 30.5 Å². The van der Waals surface area contributed by atoms with E-state index >= 15 is 4.39 Å². The van der Waals surface area contributed by atoms with Crippen LogP contribution in [0.4, 0.5) is 33.1 Å². The second-order valence-corrected chi connectivity index (χ2v) is 15.7. The maximum absolute atomic E-state index is 15.3. The third-order valence-corrected chi connectivity index (χ3v) is 12.0. The van der Waals surface area contributed by atoms with Crippen molar-refractivity contribution in [3.63, 3.8) is 0 Å². The van der Waals surface area contributed by atoms with Gasteiger partial charge in [0, 0.05) is 94.4 Å². The van der Waals surface area contributed by atoms with Crippen LogP contribution in [0.2, 0.25) is 0 Å². The van der Waals surface area contributed by atoms with Crippen LogP contribution in [0, 0.1) is 18.7 Å². The van der Waals surface area contributed by atoms with E-state index in [0.717, 1.165) is 91.7 Å². The predicted molar refractivity (Wildman–Crippen MR) is 213 cm³/mol. The highest BCUT2D eigenvalue weighted by atomic mass is 19.1. The smallest absolute Gasteiger partial charge is 0.237 e. The number of likely N-dealkylation sites (tertiary alicyclic amines) is 1. The lowest BCUT2D eigenvalue weighted by Crippen LogP contribution is -2.56. The molecular formula is C42H47FN10O4. The first-order valence-electron chi connectivity index (χ1n) is 19.9. The quantitative estimate of drug-likeness (QED) is 0.213. The van der Waals surface area contributed by atoms with Gasteiger partial charge < -0.3 is 30.1 Å². The standard InChI is InChI=1S/C42H47FN10O4/c1-26-36(21-45-41-39(26)44-11-17-57-41)52-12-10-30-20-46-42(48-35(30)25-52)47-31-5-2-29(34(43)19-31)18-38(55)53-23-27(24-53)22-50-13-15-51(16-14-50)32-6-3-28(4-7-32)33-8-9-37(54)49-40(33)56/h2-7,19-21,27,33,44H,8-18,22-25H2,1H3,(H,46,47,48)(H,49,54,56). The molecule has 0 radical (unpaired) electrons. The van der Waals surface area contributed by atoms with Crippen molar-refractivity contribution >= 4 is 46.4 Å². The molecule has 3 amide bonds. The number of hydrogen-bond acceptors (Lipinski definition) is 12. The Morgan fingerprint density at radius 3 is 2.60 bits per heavy atom. The SMILES string of the molecule is Cc1c(N2CCc3cnc(Nc4ccc(CC(=O)N5CC(CN6CCN(c7ccc(C8CCC(=O)NC8=O)cc7)CC6)C5)c(F)c4)nc3C2)cnc2c1NCCO2. The molecule has 5 aliphatic rings. The molecule has 3 N–H and O–H groups in total. The van der Waals surface area contributed by atoms with Gasteiger partial charge in [-0.15, -0.1) is 0 Å². The Morgan fingerprint density at radius 2 is 1.81 bits per heavy atom. The number of imide groups is 1. The van der Waals surface area contributed by atoms with E-state index in [0.29, 0.717) is 68.1 Å². The fraction of sp³-hybridized carbons (Fsp3) is 0.429. The van der Waals surface area contributed by atoms with E-state index in [2.05, 4.69) is 59.7 Å². The van der Waals surface area contributed by atoms with Crippen LogP contribution >= 0.6 is 0 Å². The van der Waals surface area contributed by atoms with E-state index in [1.54, 1.807) is 12.1 Å². The van der Waals surface area contributed by atoms with Crippen molar-refractivity contribution in [1.82, 2.24) is 30.1 Å². The van der Waals surface area contributed by atoms with Crippen LogP contribution in [0.25, 0.3) is 0 Å². The number of rotatable bonds is 9. The number of carbonyl (C=O) groups excluding carboxylic acids is 3. The fourth-order valence-corrected chi connectivity index (χ4v) is 8.64. The molecule has 7 heterocycles. The Labute approximate surface area is 330 Å². The number of piperidine rings is 1. The number of halogens is 1. The minimum absolute atomic E-state index is 0.0175. The van der Waals surface area contributed by atoms with Gasteiger partial charge in [-0.25, -0.2) is 19.3 Å². The third kappa shape index (κ3) is 7.80. The van der Waals surface area contributed by atoms with Gasteiger partial charge in [0.05, 0.1) is 36.5 Å². The van der Waals surface area contributed by atoms with Crippen LogP contribution in [0.15, 0.2) is 54.9 Å². The summed E-state index contributed by atoms with van der Waals surface area (Å²) in [5.74, 6) is 0.241. The van der Waals surface area contributed by atoms with Crippen molar-refractivity contribution < 1.29 is 23.5 Å². The van der Waals surface area contributed by atoms with Crippen molar-refractivity contribution in [1.29, 1.82) is 0 Å². The van der Waals surface area contributed by atoms with Gasteiger partial charge in [-0.1, -0.05) is 18.2 Å². The summed E-state index contributed by atoms with van der Waals surface area (Å²) in [6, 6.07) is 13.0. The summed E-state index contributed by atoms with van der Waals surface area (Å²) >= 11 is 0. The average Bonchev–Trinajstić information content (AvgIpc) is 3.20. The van der Waals surface area contributed by atoms with E-state index in [4.69, 9.17) is 9.72 Å². The maximum atomic E-state index is 15.3. The monoisotopic (exact) mass is 774 g/mol. The number of piperazine rings is 1. The number of aromatic nitrogens is 3. The Balaban J connectivity index is 0.726. The minimum Gasteiger partial charge on any atom is -0.474 e. The lowest BCUT2D eigenvalue weighted by molar-refractivity contribution is -0.137. The van der Waals surface area contributed by atoms with Crippen LogP contribution in [0.3, 0.4) is 0 Å². The number of amides is 3. The number of ether oxygens (including phenoxy) is 1. The van der Waals surface area contributed by atoms with E-state index < -0.39 is 5.82 Å². The van der Waals surface area contributed by atoms with E-state index in [9.17, 15) is 14.4 Å². The number of carbonyl (C=O) groups is 3. The van der Waals surface area contributed by atoms with Crippen molar-refractivity contribution in [3.05, 3.63) is 88.6 Å². The molecule has 9 rings (SSSR count). The number of nitrogens with one attached hydrogen (secondary N) is 3. The average molecular weight is 775 g/mol. The van der Waals surface area contributed by atoms with Gasteiger partial charge in [0.15, 0.2) is 0 Å². The summed E-state index contributed by atoms with van der Waals surface area (Å²) in [7, 11) is 0. The second kappa shape index (κ2) is 15.6. The number of pyridine rings is 1. The first-order valence-corrected chi connectivity index (χ1v) is 19.9. The lowest BCUT2D eigenvalue weighted by atomic mass is 9.90. The summed E-state index contributed by atoms with van der Waals surface area (Å²) in [6.07, 6.45) is 5.44. The Kier molecular flexibility index (Phi) is 10.1. The normalized spacial score (nSPS) is 19.8. The molecule has 4 aromatic rings. The molecule has 0 saturated carbocycles. The molecule has 15 heteroatoms. The zero-order chi connectivity index (χ0) is 39.0. The van der Waals surface area contributed by atoms with Crippen molar-refractivity contribution in [3.8, 4) is 5.88 Å². The van der Waals surface area contributed by atoms with Crippen LogP contribution in [-0.2, 0) is 33.8 Å². The van der Waals surface area contributed by atoms with E-state index in [1.165, 1.54) is 6.07 Å². The molecule has 296 valence electrons. The van der Waals surface area contributed by atoms with Crippen LogP contribution in [0.5, 0.6) is 5.88 Å². The molecule has 1 unspecified atom stereocenters. The fourth-order valence-electron chi connectivity index (χ4n) is 8.64.